The number of hydrogen-bond acceptors (Lipinski definition) is 4. The summed E-state index contributed by atoms with van der Waals surface area (Å²) in [5, 5.41) is 7.84. The van der Waals surface area contributed by atoms with Crippen LogP contribution in [0, 0.1) is 12.8 Å². The number of aromatic nitrogens is 1. The maximum atomic E-state index is 12.7. The van der Waals surface area contributed by atoms with Crippen LogP contribution in [0.5, 0.6) is 0 Å². The molecule has 166 valence electrons. The van der Waals surface area contributed by atoms with Crippen molar-refractivity contribution in [3.05, 3.63) is 76.8 Å². The lowest BCUT2D eigenvalue weighted by molar-refractivity contribution is -0.131. The quantitative estimate of drug-likeness (QED) is 0.550. The summed E-state index contributed by atoms with van der Waals surface area (Å²) in [7, 11) is 0. The number of anilines is 2. The van der Waals surface area contributed by atoms with E-state index in [2.05, 4.69) is 39.9 Å². The van der Waals surface area contributed by atoms with E-state index >= 15 is 0 Å². The van der Waals surface area contributed by atoms with Crippen LogP contribution in [0.3, 0.4) is 0 Å². The highest BCUT2D eigenvalue weighted by molar-refractivity contribution is 7.14. The Balaban J connectivity index is 1.22. The van der Waals surface area contributed by atoms with E-state index in [0.29, 0.717) is 16.7 Å². The van der Waals surface area contributed by atoms with Crippen LogP contribution < -0.4 is 10.6 Å². The van der Waals surface area contributed by atoms with Crippen molar-refractivity contribution in [3.63, 3.8) is 0 Å². The molecule has 0 bridgehead atoms. The first-order valence-corrected chi connectivity index (χ1v) is 11.8. The van der Waals surface area contributed by atoms with Crippen LogP contribution in [0.4, 0.5) is 15.6 Å². The minimum Gasteiger partial charge on any atom is -0.342 e. The molecule has 4 rings (SSSR count). The van der Waals surface area contributed by atoms with Crippen molar-refractivity contribution in [2.45, 2.75) is 32.6 Å². The number of rotatable bonds is 6. The van der Waals surface area contributed by atoms with Gasteiger partial charge in [0.1, 0.15) is 0 Å². The molecule has 1 aromatic heterocycles. The second-order valence-electron chi connectivity index (χ2n) is 8.28. The zero-order valence-corrected chi connectivity index (χ0v) is 19.0. The van der Waals surface area contributed by atoms with Gasteiger partial charge >= 0.3 is 6.03 Å². The molecule has 0 aliphatic carbocycles. The molecule has 1 aliphatic heterocycles. The van der Waals surface area contributed by atoms with Crippen molar-refractivity contribution < 1.29 is 9.59 Å². The first kappa shape index (κ1) is 22.0. The van der Waals surface area contributed by atoms with Crippen LogP contribution in [0.2, 0.25) is 0 Å². The van der Waals surface area contributed by atoms with E-state index < -0.39 is 0 Å². The fourth-order valence-corrected chi connectivity index (χ4v) is 4.65. The molecular weight excluding hydrogens is 420 g/mol. The SMILES string of the molecule is Cc1ccc(NC(=O)Nc2nc(CC(=O)N3CCC(Cc4ccccc4)CC3)cs2)cc1. The fourth-order valence-electron chi connectivity index (χ4n) is 3.94. The number of aryl methyl sites for hydroxylation is 1. The number of nitrogens with zero attached hydrogens (tertiary/aromatic N) is 2. The third-order valence-electron chi connectivity index (χ3n) is 5.75. The molecule has 1 saturated heterocycles. The molecule has 7 heteroatoms. The van der Waals surface area contributed by atoms with Gasteiger partial charge in [0.15, 0.2) is 5.13 Å². The molecule has 2 aromatic carbocycles. The van der Waals surface area contributed by atoms with Gasteiger partial charge in [-0.15, -0.1) is 11.3 Å². The number of thiazole rings is 1. The minimum atomic E-state index is -0.346. The highest BCUT2D eigenvalue weighted by atomic mass is 32.1. The minimum absolute atomic E-state index is 0.101. The molecule has 2 N–H and O–H groups in total. The van der Waals surface area contributed by atoms with Gasteiger partial charge in [-0.2, -0.15) is 0 Å². The molecule has 6 nitrogen and oxygen atoms in total. The molecule has 2 heterocycles. The molecule has 3 aromatic rings. The topological polar surface area (TPSA) is 74.3 Å². The van der Waals surface area contributed by atoms with Crippen molar-refractivity contribution >= 4 is 34.1 Å². The van der Waals surface area contributed by atoms with Crippen LogP contribution >= 0.6 is 11.3 Å². The lowest BCUT2D eigenvalue weighted by Gasteiger charge is -2.32. The van der Waals surface area contributed by atoms with E-state index in [1.807, 2.05) is 47.5 Å². The fraction of sp³-hybridized carbons (Fsp3) is 0.320. The predicted octanol–water partition coefficient (Wildman–Crippen LogP) is 5.12. The van der Waals surface area contributed by atoms with Gasteiger partial charge in [0.05, 0.1) is 12.1 Å². The second kappa shape index (κ2) is 10.4. The van der Waals surface area contributed by atoms with E-state index in [-0.39, 0.29) is 18.4 Å². The third kappa shape index (κ3) is 6.17. The predicted molar refractivity (Wildman–Crippen MR) is 129 cm³/mol. The van der Waals surface area contributed by atoms with Crippen LogP contribution in [0.1, 0.15) is 29.7 Å². The van der Waals surface area contributed by atoms with Gasteiger partial charge in [-0.3, -0.25) is 10.1 Å². The number of urea groups is 1. The summed E-state index contributed by atoms with van der Waals surface area (Å²) < 4.78 is 0. The summed E-state index contributed by atoms with van der Waals surface area (Å²) in [6.07, 6.45) is 3.41. The highest BCUT2D eigenvalue weighted by Crippen LogP contribution is 2.23. The van der Waals surface area contributed by atoms with Crippen molar-refractivity contribution in [1.82, 2.24) is 9.88 Å². The number of amides is 3. The molecule has 1 fully saturated rings. The Morgan fingerprint density at radius 2 is 1.75 bits per heavy atom. The van der Waals surface area contributed by atoms with Crippen molar-refractivity contribution in [1.29, 1.82) is 0 Å². The lowest BCUT2D eigenvalue weighted by Crippen LogP contribution is -2.39. The van der Waals surface area contributed by atoms with Crippen LogP contribution in [-0.2, 0) is 17.6 Å². The molecule has 0 unspecified atom stereocenters. The van der Waals surface area contributed by atoms with E-state index in [9.17, 15) is 9.59 Å². The largest absolute Gasteiger partial charge is 0.342 e. The Morgan fingerprint density at radius 3 is 2.47 bits per heavy atom. The van der Waals surface area contributed by atoms with Gasteiger partial charge in [-0.25, -0.2) is 9.78 Å². The summed E-state index contributed by atoms with van der Waals surface area (Å²) >= 11 is 1.33. The molecule has 0 spiro atoms. The maximum Gasteiger partial charge on any atom is 0.325 e. The number of likely N-dealkylation sites (tertiary alicyclic amines) is 1. The Kier molecular flexibility index (Phi) is 7.17. The average molecular weight is 449 g/mol. The second-order valence-corrected chi connectivity index (χ2v) is 9.14. The van der Waals surface area contributed by atoms with Gasteiger partial charge in [0.2, 0.25) is 5.91 Å². The Morgan fingerprint density at radius 1 is 1.03 bits per heavy atom. The van der Waals surface area contributed by atoms with E-state index in [0.717, 1.165) is 43.6 Å². The van der Waals surface area contributed by atoms with Gasteiger partial charge in [0.25, 0.3) is 0 Å². The molecular formula is C25H28N4O2S. The van der Waals surface area contributed by atoms with Gasteiger partial charge in [-0.1, -0.05) is 48.0 Å². The van der Waals surface area contributed by atoms with Gasteiger partial charge in [-0.05, 0) is 49.8 Å². The number of hydrogen-bond donors (Lipinski definition) is 2. The Bertz CT molecular complexity index is 1040. The van der Waals surface area contributed by atoms with E-state index in [4.69, 9.17) is 0 Å². The maximum absolute atomic E-state index is 12.7. The Hall–Kier alpha value is -3.19. The molecule has 0 saturated carbocycles. The first-order valence-electron chi connectivity index (χ1n) is 11.0. The molecule has 32 heavy (non-hydrogen) atoms. The van der Waals surface area contributed by atoms with Gasteiger partial charge in [0, 0.05) is 24.2 Å². The number of carbonyl (C=O) groups excluding carboxylic acids is 2. The lowest BCUT2D eigenvalue weighted by atomic mass is 9.90. The zero-order chi connectivity index (χ0) is 22.3. The monoisotopic (exact) mass is 448 g/mol. The van der Waals surface area contributed by atoms with Crippen LogP contribution in [0.15, 0.2) is 60.0 Å². The van der Waals surface area contributed by atoms with Crippen molar-refractivity contribution in [2.75, 3.05) is 23.7 Å². The van der Waals surface area contributed by atoms with Crippen LogP contribution in [0.25, 0.3) is 0 Å². The zero-order valence-electron chi connectivity index (χ0n) is 18.2. The third-order valence-corrected chi connectivity index (χ3v) is 6.55. The Labute approximate surface area is 192 Å². The van der Waals surface area contributed by atoms with Gasteiger partial charge < -0.3 is 10.2 Å². The molecule has 0 radical (unpaired) electrons. The first-order chi connectivity index (χ1) is 15.5. The highest BCUT2D eigenvalue weighted by Gasteiger charge is 2.23. The number of piperidine rings is 1. The van der Waals surface area contributed by atoms with Crippen molar-refractivity contribution in [2.24, 2.45) is 5.92 Å². The summed E-state index contributed by atoms with van der Waals surface area (Å²) in [5.74, 6) is 0.729. The number of nitrogens with one attached hydrogen (secondary N) is 2. The molecule has 0 atom stereocenters. The number of carbonyl (C=O) groups is 2. The number of benzene rings is 2. The summed E-state index contributed by atoms with van der Waals surface area (Å²) in [5.41, 5.74) is 3.91. The normalized spacial score (nSPS) is 14.2. The van der Waals surface area contributed by atoms with Crippen LogP contribution in [-0.4, -0.2) is 34.9 Å². The summed E-state index contributed by atoms with van der Waals surface area (Å²) in [4.78, 5) is 31.3. The summed E-state index contributed by atoms with van der Waals surface area (Å²) in [6.45, 7) is 3.59. The molecule has 3 amide bonds. The average Bonchev–Trinajstić information content (AvgIpc) is 3.23. The summed E-state index contributed by atoms with van der Waals surface area (Å²) in [6, 6.07) is 17.8. The smallest absolute Gasteiger partial charge is 0.325 e. The molecule has 1 aliphatic rings. The van der Waals surface area contributed by atoms with E-state index in [1.165, 1.54) is 16.9 Å². The van der Waals surface area contributed by atoms with Crippen molar-refractivity contribution in [3.8, 4) is 0 Å². The van der Waals surface area contributed by atoms with E-state index in [1.54, 1.807) is 0 Å². The standard InChI is InChI=1S/C25H28N4O2S/c1-18-7-9-21(10-8-18)26-24(31)28-25-27-22(17-32-25)16-23(30)29-13-11-20(12-14-29)15-19-5-3-2-4-6-19/h2-10,17,20H,11-16H2,1H3,(H2,26,27,28,31).